The van der Waals surface area contributed by atoms with Gasteiger partial charge in [0.05, 0.1) is 15.5 Å². The minimum atomic E-state index is -1.92. The van der Waals surface area contributed by atoms with Gasteiger partial charge >= 0.3 is 0 Å². The third-order valence-electron chi connectivity index (χ3n) is 3.17. The van der Waals surface area contributed by atoms with E-state index in [1.54, 1.807) is 0 Å². The number of carbonyl (C=O) groups excluding carboxylic acids is 1. The average molecular weight is 458 g/mol. The van der Waals surface area contributed by atoms with Crippen molar-refractivity contribution in [3.63, 3.8) is 0 Å². The Balaban J connectivity index is 2.19. The van der Waals surface area contributed by atoms with Crippen molar-refractivity contribution in [3.8, 4) is 0 Å². The zero-order valence-corrected chi connectivity index (χ0v) is 16.5. The number of alkyl halides is 3. The Kier molecular flexibility index (Phi) is 6.82. The van der Waals surface area contributed by atoms with Crippen molar-refractivity contribution in [2.75, 3.05) is 5.32 Å². The predicted molar refractivity (Wildman–Crippen MR) is 105 cm³/mol. The molecule has 0 radical (unpaired) electrons. The molecule has 0 aliphatic heterocycles. The van der Waals surface area contributed by atoms with Gasteiger partial charge in [-0.25, -0.2) is 0 Å². The van der Waals surface area contributed by atoms with E-state index in [1.165, 1.54) is 42.5 Å². The maximum Gasteiger partial charge on any atom is 0.269 e. The van der Waals surface area contributed by atoms with E-state index in [4.69, 9.17) is 58.0 Å². The summed E-state index contributed by atoms with van der Waals surface area (Å²) in [5.74, 6) is -0.600. The van der Waals surface area contributed by atoms with Gasteiger partial charge in [-0.05, 0) is 30.3 Å². The molecule has 1 atom stereocenters. The number of nitrogens with zero attached hydrogens (tertiary/aromatic N) is 1. The van der Waals surface area contributed by atoms with Crippen molar-refractivity contribution in [3.05, 3.63) is 68.2 Å². The summed E-state index contributed by atoms with van der Waals surface area (Å²) < 4.78 is -1.92. The number of hydrogen-bond donors (Lipinski definition) is 2. The number of rotatable bonds is 5. The van der Waals surface area contributed by atoms with Crippen molar-refractivity contribution in [2.24, 2.45) is 0 Å². The number of halogens is 5. The first-order valence-electron chi connectivity index (χ1n) is 6.91. The van der Waals surface area contributed by atoms with Crippen LogP contribution in [-0.4, -0.2) is 20.8 Å². The number of nitrogens with one attached hydrogen (secondary N) is 2. The quantitative estimate of drug-likeness (QED) is 0.271. The van der Waals surface area contributed by atoms with E-state index in [0.29, 0.717) is 10.7 Å². The second-order valence-corrected chi connectivity index (χ2v) is 8.23. The molecule has 2 N–H and O–H groups in total. The number of non-ortho nitro benzene ring substituents is 1. The van der Waals surface area contributed by atoms with Crippen LogP contribution in [0.2, 0.25) is 10.0 Å². The third-order valence-corrected chi connectivity index (χ3v) is 4.37. The summed E-state index contributed by atoms with van der Waals surface area (Å²) in [7, 11) is 0. The third kappa shape index (κ3) is 5.53. The maximum absolute atomic E-state index is 12.4. The van der Waals surface area contributed by atoms with Crippen molar-refractivity contribution >= 4 is 75.3 Å². The molecule has 11 heteroatoms. The molecule has 0 saturated heterocycles. The van der Waals surface area contributed by atoms with Crippen molar-refractivity contribution < 1.29 is 9.72 Å². The van der Waals surface area contributed by atoms with Gasteiger partial charge in [-0.15, -0.1) is 0 Å². The molecular formula is C15H10Cl5N3O3. The zero-order chi connectivity index (χ0) is 19.5. The number of anilines is 1. The lowest BCUT2D eigenvalue weighted by atomic mass is 10.2. The smallest absolute Gasteiger partial charge is 0.269 e. The second-order valence-electron chi connectivity index (χ2n) is 5.02. The van der Waals surface area contributed by atoms with Gasteiger partial charge in [0.25, 0.3) is 11.6 Å². The lowest BCUT2D eigenvalue weighted by molar-refractivity contribution is -0.384. The van der Waals surface area contributed by atoms with Crippen LogP contribution in [0.15, 0.2) is 42.5 Å². The van der Waals surface area contributed by atoms with E-state index in [-0.39, 0.29) is 16.3 Å². The molecule has 0 unspecified atom stereocenters. The Labute approximate surface area is 173 Å². The molecule has 6 nitrogen and oxygen atoms in total. The summed E-state index contributed by atoms with van der Waals surface area (Å²) in [6, 6.07) is 9.72. The molecule has 0 heterocycles. The van der Waals surface area contributed by atoms with Crippen LogP contribution >= 0.6 is 58.0 Å². The van der Waals surface area contributed by atoms with Crippen LogP contribution in [0.25, 0.3) is 0 Å². The highest BCUT2D eigenvalue weighted by molar-refractivity contribution is 6.68. The molecule has 0 saturated carbocycles. The highest BCUT2D eigenvalue weighted by atomic mass is 35.6. The first-order valence-corrected chi connectivity index (χ1v) is 8.80. The van der Waals surface area contributed by atoms with Gasteiger partial charge in [-0.2, -0.15) is 0 Å². The van der Waals surface area contributed by atoms with E-state index in [2.05, 4.69) is 10.6 Å². The molecule has 2 aromatic carbocycles. The lowest BCUT2D eigenvalue weighted by Crippen LogP contribution is -2.49. The van der Waals surface area contributed by atoms with Gasteiger partial charge < -0.3 is 10.6 Å². The van der Waals surface area contributed by atoms with Gasteiger partial charge in [0.2, 0.25) is 3.79 Å². The fourth-order valence-electron chi connectivity index (χ4n) is 1.93. The van der Waals surface area contributed by atoms with E-state index in [1.807, 2.05) is 0 Å². The minimum Gasteiger partial charge on any atom is -0.362 e. The van der Waals surface area contributed by atoms with Gasteiger partial charge in [-0.1, -0.05) is 58.0 Å². The summed E-state index contributed by atoms with van der Waals surface area (Å²) in [5, 5.41) is 16.5. The van der Waals surface area contributed by atoms with Crippen LogP contribution in [0.4, 0.5) is 11.4 Å². The van der Waals surface area contributed by atoms with E-state index in [0.717, 1.165) is 0 Å². The monoisotopic (exact) mass is 455 g/mol. The first kappa shape index (κ1) is 20.9. The largest absolute Gasteiger partial charge is 0.362 e. The average Bonchev–Trinajstić information content (AvgIpc) is 2.53. The van der Waals surface area contributed by atoms with Crippen LogP contribution in [0.5, 0.6) is 0 Å². The molecule has 1 amide bonds. The van der Waals surface area contributed by atoms with Crippen molar-refractivity contribution in [2.45, 2.75) is 9.96 Å². The lowest BCUT2D eigenvalue weighted by Gasteiger charge is -2.27. The van der Waals surface area contributed by atoms with Crippen LogP contribution in [0, 0.1) is 10.1 Å². The first-order chi connectivity index (χ1) is 12.1. The van der Waals surface area contributed by atoms with Crippen LogP contribution in [0.3, 0.4) is 0 Å². The molecular weight excluding hydrogens is 447 g/mol. The zero-order valence-electron chi connectivity index (χ0n) is 12.7. The van der Waals surface area contributed by atoms with Crippen LogP contribution < -0.4 is 10.6 Å². The fourth-order valence-corrected chi connectivity index (χ4v) is 2.75. The number of hydrogen-bond acceptors (Lipinski definition) is 4. The van der Waals surface area contributed by atoms with Crippen LogP contribution in [0.1, 0.15) is 10.4 Å². The van der Waals surface area contributed by atoms with Crippen molar-refractivity contribution in [1.82, 2.24) is 5.32 Å². The summed E-state index contributed by atoms with van der Waals surface area (Å²) in [4.78, 5) is 22.6. The van der Waals surface area contributed by atoms with Crippen molar-refractivity contribution in [1.29, 1.82) is 0 Å². The highest BCUT2D eigenvalue weighted by Crippen LogP contribution is 2.32. The minimum absolute atomic E-state index is 0.0991. The summed E-state index contributed by atoms with van der Waals surface area (Å²) in [6.45, 7) is 0. The Morgan fingerprint density at radius 2 is 1.69 bits per heavy atom. The van der Waals surface area contributed by atoms with E-state index in [9.17, 15) is 14.9 Å². The van der Waals surface area contributed by atoms with Crippen LogP contribution in [-0.2, 0) is 0 Å². The maximum atomic E-state index is 12.4. The Hall–Kier alpha value is -1.44. The SMILES string of the molecule is O=C(N[C@H](Nc1ccc([N+](=O)[O-])cc1)C(Cl)(Cl)Cl)c1ccc(Cl)cc1Cl. The Bertz CT molecular complexity index is 824. The number of benzene rings is 2. The van der Waals surface area contributed by atoms with E-state index >= 15 is 0 Å². The topological polar surface area (TPSA) is 84.3 Å². The molecule has 0 fully saturated rings. The molecule has 0 spiro atoms. The number of nitro groups is 1. The van der Waals surface area contributed by atoms with Gasteiger partial charge in [0.1, 0.15) is 6.17 Å². The predicted octanol–water partition coefficient (Wildman–Crippen LogP) is 5.44. The molecule has 2 rings (SSSR count). The number of nitro benzene ring substituents is 1. The molecule has 2 aromatic rings. The molecule has 0 aliphatic carbocycles. The van der Waals surface area contributed by atoms with Gasteiger partial charge in [0, 0.05) is 22.8 Å². The highest BCUT2D eigenvalue weighted by Gasteiger charge is 2.34. The Morgan fingerprint density at radius 3 is 2.19 bits per heavy atom. The van der Waals surface area contributed by atoms with Gasteiger partial charge in [-0.3, -0.25) is 14.9 Å². The van der Waals surface area contributed by atoms with Gasteiger partial charge in [0.15, 0.2) is 0 Å². The number of carbonyl (C=O) groups is 1. The summed E-state index contributed by atoms with van der Waals surface area (Å²) >= 11 is 29.6. The molecule has 0 aliphatic rings. The van der Waals surface area contributed by atoms with E-state index < -0.39 is 20.8 Å². The standard InChI is InChI=1S/C15H10Cl5N3O3/c16-8-1-6-11(12(17)7-8)13(24)22-14(15(18,19)20)21-9-2-4-10(5-3-9)23(25)26/h1-7,14,21H,(H,22,24)/t14-/m0/s1. The second kappa shape index (κ2) is 8.50. The molecule has 26 heavy (non-hydrogen) atoms. The molecule has 138 valence electrons. The molecule has 0 aromatic heterocycles. The number of amides is 1. The normalized spacial score (nSPS) is 12.3. The summed E-state index contributed by atoms with van der Waals surface area (Å²) in [6.07, 6.45) is -1.15. The Morgan fingerprint density at radius 1 is 1.08 bits per heavy atom. The summed E-state index contributed by atoms with van der Waals surface area (Å²) in [5.41, 5.74) is 0.438. The fraction of sp³-hybridized carbons (Fsp3) is 0.133. The molecule has 0 bridgehead atoms.